The summed E-state index contributed by atoms with van der Waals surface area (Å²) >= 11 is 0. The maximum absolute atomic E-state index is 11.7. The first-order valence-electron chi connectivity index (χ1n) is 18.9. The Bertz CT molecular complexity index is 1870. The third-order valence-corrected chi connectivity index (χ3v) is 12.3. The van der Waals surface area contributed by atoms with Crippen molar-refractivity contribution < 1.29 is 30.0 Å². The average molecular weight is 847 g/mol. The van der Waals surface area contributed by atoms with Crippen LogP contribution in [0.15, 0.2) is 72.6 Å². The minimum Gasteiger partial charge on any atom is -0.512 e. The summed E-state index contributed by atoms with van der Waals surface area (Å²) < 4.78 is 0. The Morgan fingerprint density at radius 1 is 0.840 bits per heavy atom. The number of aliphatic hydroxyl groups excluding tert-OH is 1. The summed E-state index contributed by atoms with van der Waals surface area (Å²) in [6.45, 7) is 17.5. The molecular formula is C46H56IrNO2-. The van der Waals surface area contributed by atoms with E-state index in [4.69, 9.17) is 4.98 Å². The van der Waals surface area contributed by atoms with E-state index in [2.05, 4.69) is 94.6 Å². The van der Waals surface area contributed by atoms with Crippen molar-refractivity contribution in [2.24, 2.45) is 11.8 Å². The number of carbonyl (C=O) groups excluding carboxylic acids is 1. The number of pyridine rings is 1. The zero-order chi connectivity index (χ0) is 35.1. The quantitative estimate of drug-likeness (QED) is 0.109. The van der Waals surface area contributed by atoms with Gasteiger partial charge in [-0.05, 0) is 102 Å². The second-order valence-corrected chi connectivity index (χ2v) is 16.4. The van der Waals surface area contributed by atoms with Crippen LogP contribution < -0.4 is 0 Å². The Balaban J connectivity index is 0.000000261. The van der Waals surface area contributed by atoms with Crippen molar-refractivity contribution in [3.63, 3.8) is 0 Å². The molecule has 50 heavy (non-hydrogen) atoms. The zero-order valence-corrected chi connectivity index (χ0v) is 33.9. The van der Waals surface area contributed by atoms with Gasteiger partial charge in [0.1, 0.15) is 0 Å². The molecule has 0 fully saturated rings. The predicted molar refractivity (Wildman–Crippen MR) is 204 cm³/mol. The van der Waals surface area contributed by atoms with Crippen LogP contribution in [0.1, 0.15) is 127 Å². The Morgan fingerprint density at radius 2 is 1.46 bits per heavy atom. The molecule has 0 saturated heterocycles. The maximum atomic E-state index is 11.7. The summed E-state index contributed by atoms with van der Waals surface area (Å²) in [5.74, 6) is 0.547. The fraction of sp³-hybridized carbons (Fsp3) is 0.478. The Hall–Kier alpha value is -3.07. The maximum Gasteiger partial charge on any atom is 0.162 e. The number of hydrogen-bond donors (Lipinski definition) is 1. The van der Waals surface area contributed by atoms with Crippen molar-refractivity contribution >= 4 is 16.6 Å². The summed E-state index contributed by atoms with van der Waals surface area (Å²) in [6, 6.07) is 24.2. The first kappa shape index (κ1) is 38.2. The van der Waals surface area contributed by atoms with Gasteiger partial charge in [-0.1, -0.05) is 114 Å². The molecule has 3 aliphatic rings. The molecular weight excluding hydrogens is 791 g/mol. The van der Waals surface area contributed by atoms with Crippen LogP contribution in [0.25, 0.3) is 22.0 Å². The van der Waals surface area contributed by atoms with Gasteiger partial charge in [0, 0.05) is 49.6 Å². The number of aromatic nitrogens is 1. The fourth-order valence-electron chi connectivity index (χ4n) is 9.66. The summed E-state index contributed by atoms with van der Waals surface area (Å²) in [4.78, 5) is 16.7. The van der Waals surface area contributed by atoms with Crippen LogP contribution >= 0.6 is 0 Å². The van der Waals surface area contributed by atoms with Gasteiger partial charge in [-0.3, -0.25) is 4.79 Å². The molecule has 4 heteroatoms. The van der Waals surface area contributed by atoms with Crippen LogP contribution in [0.4, 0.5) is 0 Å². The molecule has 0 atom stereocenters. The third kappa shape index (κ3) is 6.92. The number of allylic oxidation sites excluding steroid dienone is 2. The molecule has 1 N–H and O–H groups in total. The Kier molecular flexibility index (Phi) is 11.4. The number of carbonyl (C=O) groups is 1. The van der Waals surface area contributed by atoms with Gasteiger partial charge in [0.2, 0.25) is 0 Å². The van der Waals surface area contributed by atoms with E-state index in [9.17, 15) is 9.90 Å². The van der Waals surface area contributed by atoms with Gasteiger partial charge in [0.05, 0.1) is 5.76 Å². The molecule has 0 unspecified atom stereocenters. The number of hydrogen-bond acceptors (Lipinski definition) is 3. The van der Waals surface area contributed by atoms with Crippen LogP contribution in [0.3, 0.4) is 0 Å². The molecule has 1 heterocycles. The van der Waals surface area contributed by atoms with Gasteiger partial charge in [0.25, 0.3) is 0 Å². The molecule has 3 nitrogen and oxygen atoms in total. The second-order valence-electron chi connectivity index (χ2n) is 16.4. The Labute approximate surface area is 314 Å². The van der Waals surface area contributed by atoms with Crippen molar-refractivity contribution in [1.82, 2.24) is 4.98 Å². The smallest absolute Gasteiger partial charge is 0.162 e. The van der Waals surface area contributed by atoms with Crippen molar-refractivity contribution in [2.45, 2.75) is 129 Å². The minimum atomic E-state index is 0. The summed E-state index contributed by atoms with van der Waals surface area (Å²) in [6.07, 6.45) is 13.0. The van der Waals surface area contributed by atoms with Gasteiger partial charge in [-0.2, -0.15) is 0 Å². The standard InChI is InChI=1S/C33H32N.C13H24O2.Ir/c1-31(2)20-32(3,4)29-19-34-30(16-28(29)31)26-11-7-10-23-24(26)12-13-27-25(23)14-15-33(27)17-21-8-5-6-9-22(21)18-33;1-5-10(6-2)12(14)9-13(15)11(7-3)8-4;/h5-10,12-13,16,19H,14-15,17-18,20H2,1-4H3;9-11,14H,5-8H2,1-4H3;/q-1;;/b;12-9-;. The van der Waals surface area contributed by atoms with Crippen molar-refractivity contribution in [3.05, 3.63) is 112 Å². The Morgan fingerprint density at radius 3 is 2.08 bits per heavy atom. The number of nitrogens with zero attached hydrogens (tertiary/aromatic N) is 1. The molecule has 4 aromatic rings. The number of rotatable bonds is 8. The molecule has 0 aliphatic heterocycles. The van der Waals surface area contributed by atoms with Crippen molar-refractivity contribution in [1.29, 1.82) is 0 Å². The molecule has 1 aromatic heterocycles. The summed E-state index contributed by atoms with van der Waals surface area (Å²) in [5, 5.41) is 12.5. The van der Waals surface area contributed by atoms with E-state index in [-0.39, 0.29) is 59.7 Å². The molecule has 3 aliphatic carbocycles. The molecule has 3 aromatic carbocycles. The molecule has 7 rings (SSSR count). The van der Waals surface area contributed by atoms with Crippen LogP contribution in [-0.2, 0) is 60.4 Å². The van der Waals surface area contributed by atoms with Crippen LogP contribution in [-0.4, -0.2) is 15.9 Å². The molecule has 267 valence electrons. The number of aliphatic hydroxyl groups is 1. The van der Waals surface area contributed by atoms with Gasteiger partial charge in [0.15, 0.2) is 5.78 Å². The SMILES string of the molecule is CC1(C)CC(C)(C)c2cc(-c3[c-]ccc4c5c(ccc34)C3(CC5)Cc4ccccc4C3)ncc21.CCC(CC)C(=O)/C=C(\O)C(CC)CC.[Ir]. The number of ketones is 1. The topological polar surface area (TPSA) is 50.2 Å². The van der Waals surface area contributed by atoms with Crippen LogP contribution in [0.2, 0.25) is 0 Å². The number of aryl methyl sites for hydroxylation is 1. The first-order chi connectivity index (χ1) is 23.4. The van der Waals surface area contributed by atoms with Gasteiger partial charge in [-0.15, -0.1) is 23.8 Å². The second kappa shape index (κ2) is 14.9. The van der Waals surface area contributed by atoms with Gasteiger partial charge >= 0.3 is 0 Å². The van der Waals surface area contributed by atoms with E-state index in [1.165, 1.54) is 53.7 Å². The van der Waals surface area contributed by atoms with E-state index in [1.807, 2.05) is 27.7 Å². The summed E-state index contributed by atoms with van der Waals surface area (Å²) in [7, 11) is 0. The average Bonchev–Trinajstić information content (AvgIpc) is 3.70. The monoisotopic (exact) mass is 847 g/mol. The number of benzene rings is 3. The normalized spacial score (nSPS) is 17.7. The minimum absolute atomic E-state index is 0. The third-order valence-electron chi connectivity index (χ3n) is 12.3. The van der Waals surface area contributed by atoms with E-state index in [0.29, 0.717) is 0 Å². The van der Waals surface area contributed by atoms with E-state index in [0.717, 1.165) is 43.4 Å². The molecule has 0 bridgehead atoms. The molecule has 0 saturated carbocycles. The van der Waals surface area contributed by atoms with E-state index >= 15 is 0 Å². The van der Waals surface area contributed by atoms with Gasteiger partial charge in [-0.25, -0.2) is 0 Å². The predicted octanol–water partition coefficient (Wildman–Crippen LogP) is 11.5. The molecule has 0 amide bonds. The van der Waals surface area contributed by atoms with Crippen molar-refractivity contribution in [2.75, 3.05) is 0 Å². The largest absolute Gasteiger partial charge is 0.512 e. The van der Waals surface area contributed by atoms with Crippen LogP contribution in [0, 0.1) is 17.9 Å². The number of fused-ring (bicyclic) bond motifs is 6. The van der Waals surface area contributed by atoms with Crippen LogP contribution in [0.5, 0.6) is 0 Å². The van der Waals surface area contributed by atoms with E-state index in [1.54, 1.807) is 22.3 Å². The zero-order valence-electron chi connectivity index (χ0n) is 31.5. The molecule has 1 spiro atoms. The van der Waals surface area contributed by atoms with Gasteiger partial charge < -0.3 is 10.1 Å². The molecule has 1 radical (unpaired) electrons. The fourth-order valence-corrected chi connectivity index (χ4v) is 9.66. The summed E-state index contributed by atoms with van der Waals surface area (Å²) in [5.41, 5.74) is 12.0. The van der Waals surface area contributed by atoms with E-state index < -0.39 is 0 Å². The first-order valence-corrected chi connectivity index (χ1v) is 18.9. The van der Waals surface area contributed by atoms with Crippen molar-refractivity contribution in [3.8, 4) is 11.3 Å².